The zero-order chi connectivity index (χ0) is 37.0. The van der Waals surface area contributed by atoms with Crippen LogP contribution in [0.15, 0.2) is 0 Å². The minimum atomic E-state index is 0.0983. The molecular weight excluding hydrogens is 572 g/mol. The summed E-state index contributed by atoms with van der Waals surface area (Å²) in [5.41, 5.74) is 0. The van der Waals surface area contributed by atoms with Gasteiger partial charge in [0.25, 0.3) is 0 Å². The molecule has 0 aromatic rings. The van der Waals surface area contributed by atoms with Crippen molar-refractivity contribution in [2.24, 2.45) is 53.3 Å². The van der Waals surface area contributed by atoms with E-state index in [-0.39, 0.29) is 42.0 Å². The van der Waals surface area contributed by atoms with E-state index in [0.29, 0.717) is 35.6 Å². The lowest BCUT2D eigenvalue weighted by molar-refractivity contribution is -0.123. The van der Waals surface area contributed by atoms with Gasteiger partial charge in [0.2, 0.25) is 0 Å². The van der Waals surface area contributed by atoms with Gasteiger partial charge in [0.1, 0.15) is 23.1 Å². The molecule has 0 saturated heterocycles. The molecule has 0 bridgehead atoms. The molecule has 1 atom stereocenters. The second-order valence-corrected chi connectivity index (χ2v) is 16.2. The molecule has 46 heavy (non-hydrogen) atoms. The van der Waals surface area contributed by atoms with Crippen LogP contribution in [0.25, 0.3) is 0 Å². The molecule has 0 amide bonds. The van der Waals surface area contributed by atoms with Gasteiger partial charge in [-0.25, -0.2) is 0 Å². The van der Waals surface area contributed by atoms with Crippen LogP contribution >= 0.6 is 0 Å². The van der Waals surface area contributed by atoms with Gasteiger partial charge in [-0.05, 0) is 55.3 Å². The van der Waals surface area contributed by atoms with Crippen LogP contribution in [0.5, 0.6) is 0 Å². The largest absolute Gasteiger partial charge is 0.396 e. The van der Waals surface area contributed by atoms with Crippen LogP contribution < -0.4 is 0 Å². The van der Waals surface area contributed by atoms with Crippen LogP contribution in [0.2, 0.25) is 0 Å². The van der Waals surface area contributed by atoms with E-state index in [0.717, 1.165) is 56.8 Å². The lowest BCUT2D eigenvalue weighted by atomic mass is 9.90. The zero-order valence-corrected chi connectivity index (χ0v) is 33.8. The van der Waals surface area contributed by atoms with Gasteiger partial charge in [0.15, 0.2) is 0 Å². The summed E-state index contributed by atoms with van der Waals surface area (Å²) in [6.07, 6.45) is 10.6. The molecule has 0 aliphatic rings. The van der Waals surface area contributed by atoms with Gasteiger partial charge in [-0.1, -0.05) is 130 Å². The van der Waals surface area contributed by atoms with E-state index >= 15 is 0 Å². The average molecular weight is 655 g/mol. The summed E-state index contributed by atoms with van der Waals surface area (Å²) >= 11 is 0. The predicted molar refractivity (Wildman–Crippen MR) is 200 cm³/mol. The van der Waals surface area contributed by atoms with Gasteiger partial charge in [0, 0.05) is 56.0 Å². The minimum absolute atomic E-state index is 0.0983. The van der Waals surface area contributed by atoms with Crippen LogP contribution in [0.4, 0.5) is 0 Å². The monoisotopic (exact) mass is 655 g/mol. The first-order valence-corrected chi connectivity index (χ1v) is 18.8. The first-order valence-electron chi connectivity index (χ1n) is 18.8. The third-order valence-corrected chi connectivity index (χ3v) is 7.76. The SMILES string of the molecule is CC(C)CC(CO)CC(=O)C(C)C.CC(C)CCC(=O)C(C)C.CC(C)CCCC(=O)C(C)C.CC(C)CCCCC(=O)C(C)C. The Kier molecular flexibility index (Phi) is 36.0. The zero-order valence-electron chi connectivity index (χ0n) is 33.8. The molecule has 1 unspecified atom stereocenters. The molecule has 5 nitrogen and oxygen atoms in total. The maximum Gasteiger partial charge on any atom is 0.135 e. The van der Waals surface area contributed by atoms with E-state index in [1.54, 1.807) is 0 Å². The van der Waals surface area contributed by atoms with Crippen molar-refractivity contribution in [2.45, 2.75) is 181 Å². The number of hydrogen-bond acceptors (Lipinski definition) is 5. The fourth-order valence-electron chi connectivity index (χ4n) is 4.24. The molecule has 276 valence electrons. The number of carbonyl (C=O) groups excluding carboxylic acids is 4. The molecule has 0 aliphatic heterocycles. The third-order valence-electron chi connectivity index (χ3n) is 7.76. The Morgan fingerprint density at radius 1 is 0.413 bits per heavy atom. The van der Waals surface area contributed by atoms with Gasteiger partial charge < -0.3 is 5.11 Å². The highest BCUT2D eigenvalue weighted by Gasteiger charge is 2.16. The van der Waals surface area contributed by atoms with E-state index in [2.05, 4.69) is 55.4 Å². The Hall–Kier alpha value is -1.36. The summed E-state index contributed by atoms with van der Waals surface area (Å²) in [5, 5.41) is 9.05. The van der Waals surface area contributed by atoms with Gasteiger partial charge in [-0.15, -0.1) is 0 Å². The topological polar surface area (TPSA) is 88.5 Å². The fraction of sp³-hybridized carbons (Fsp3) is 0.902. The first kappa shape index (κ1) is 51.5. The predicted octanol–water partition coefficient (Wildman–Crippen LogP) is 11.4. The maximum atomic E-state index is 11.4. The molecule has 0 aromatic carbocycles. The smallest absolute Gasteiger partial charge is 0.135 e. The minimum Gasteiger partial charge on any atom is -0.396 e. The molecular formula is C41H82O5. The molecule has 0 heterocycles. The molecule has 0 rings (SSSR count). The summed E-state index contributed by atoms with van der Waals surface area (Å²) in [4.78, 5) is 44.7. The Balaban J connectivity index is -0.000000257. The van der Waals surface area contributed by atoms with Crippen LogP contribution in [0.1, 0.15) is 181 Å². The second kappa shape index (κ2) is 32.2. The van der Waals surface area contributed by atoms with Gasteiger partial charge in [0.05, 0.1) is 0 Å². The summed E-state index contributed by atoms with van der Waals surface area (Å²) in [7, 11) is 0. The van der Waals surface area contributed by atoms with Crippen molar-refractivity contribution in [3.8, 4) is 0 Å². The number of unbranched alkanes of at least 4 members (excludes halogenated alkanes) is 1. The molecule has 0 aliphatic carbocycles. The Bertz CT molecular complexity index is 744. The lowest BCUT2D eigenvalue weighted by Gasteiger charge is -2.16. The van der Waals surface area contributed by atoms with Crippen molar-refractivity contribution < 1.29 is 24.3 Å². The van der Waals surface area contributed by atoms with Crippen molar-refractivity contribution in [3.05, 3.63) is 0 Å². The normalized spacial score (nSPS) is 11.8. The van der Waals surface area contributed by atoms with Gasteiger partial charge in [-0.2, -0.15) is 0 Å². The Labute approximate surface area is 288 Å². The summed E-state index contributed by atoms with van der Waals surface area (Å²) in [6.45, 7) is 33.1. The number of ketones is 4. The van der Waals surface area contributed by atoms with E-state index in [1.807, 2.05) is 55.4 Å². The third kappa shape index (κ3) is 40.7. The molecule has 0 fully saturated rings. The van der Waals surface area contributed by atoms with E-state index in [9.17, 15) is 19.2 Å². The van der Waals surface area contributed by atoms with E-state index < -0.39 is 0 Å². The van der Waals surface area contributed by atoms with Crippen LogP contribution in [-0.2, 0) is 19.2 Å². The standard InChI is InChI=1S/C11H22O2.C11H22O.C10H20O.C9H18O/c1-8(2)5-10(7-12)6-11(13)9(3)4;1-9(2)7-5-6-8-11(12)10(3)4;1-8(2)6-5-7-10(11)9(3)4;1-7(2)5-6-9(10)8(3)4/h8-10,12H,5-7H2,1-4H3;9-10H,5-8H2,1-4H3;8-9H,5-7H2,1-4H3;7-8H,5-6H2,1-4H3. The van der Waals surface area contributed by atoms with Crippen LogP contribution in [-0.4, -0.2) is 34.8 Å². The fourth-order valence-corrected chi connectivity index (χ4v) is 4.24. The second-order valence-electron chi connectivity index (χ2n) is 16.2. The highest BCUT2D eigenvalue weighted by atomic mass is 16.3. The quantitative estimate of drug-likeness (QED) is 0.124. The lowest BCUT2D eigenvalue weighted by Crippen LogP contribution is -2.17. The first-order chi connectivity index (χ1) is 21.1. The number of carbonyl (C=O) groups is 4. The molecule has 0 spiro atoms. The number of aliphatic hydroxyl groups is 1. The van der Waals surface area contributed by atoms with Crippen LogP contribution in [0.3, 0.4) is 0 Å². The number of aliphatic hydroxyl groups excluding tert-OH is 1. The van der Waals surface area contributed by atoms with Crippen molar-refractivity contribution in [1.29, 1.82) is 0 Å². The summed E-state index contributed by atoms with van der Waals surface area (Å²) in [6, 6.07) is 0. The summed E-state index contributed by atoms with van der Waals surface area (Å²) in [5.74, 6) is 5.13. The average Bonchev–Trinajstić information content (AvgIpc) is 2.93. The maximum absolute atomic E-state index is 11.4. The van der Waals surface area contributed by atoms with E-state index in [1.165, 1.54) is 19.3 Å². The van der Waals surface area contributed by atoms with Gasteiger partial charge in [-0.3, -0.25) is 19.2 Å². The highest BCUT2D eigenvalue weighted by Crippen LogP contribution is 2.17. The molecule has 5 heteroatoms. The van der Waals surface area contributed by atoms with Crippen molar-refractivity contribution in [1.82, 2.24) is 0 Å². The van der Waals surface area contributed by atoms with Crippen molar-refractivity contribution >= 4 is 23.1 Å². The highest BCUT2D eigenvalue weighted by molar-refractivity contribution is 5.81. The Morgan fingerprint density at radius 3 is 1.09 bits per heavy atom. The number of Topliss-reactive ketones (excluding diaryl/α,β-unsaturated/α-hetero) is 4. The van der Waals surface area contributed by atoms with Crippen molar-refractivity contribution in [3.63, 3.8) is 0 Å². The molecule has 0 aromatic heterocycles. The number of rotatable bonds is 21. The Morgan fingerprint density at radius 2 is 0.761 bits per heavy atom. The molecule has 0 saturated carbocycles. The van der Waals surface area contributed by atoms with Crippen molar-refractivity contribution in [2.75, 3.05) is 6.61 Å². The number of hydrogen-bond donors (Lipinski definition) is 1. The molecule has 1 N–H and O–H groups in total. The van der Waals surface area contributed by atoms with Gasteiger partial charge >= 0.3 is 0 Å². The molecule has 0 radical (unpaired) electrons. The summed E-state index contributed by atoms with van der Waals surface area (Å²) < 4.78 is 0. The van der Waals surface area contributed by atoms with Crippen LogP contribution in [0, 0.1) is 53.3 Å². The van der Waals surface area contributed by atoms with E-state index in [4.69, 9.17) is 5.11 Å².